The minimum Gasteiger partial charge on any atom is -0.467 e. The second-order valence-corrected chi connectivity index (χ2v) is 5.49. The zero-order valence-corrected chi connectivity index (χ0v) is 12.7. The lowest BCUT2D eigenvalue weighted by molar-refractivity contribution is 0.499. The SMILES string of the molecule is Fc1cc(NC(c2ccccc2)c2ccco2)ccc1Br. The molecule has 0 aliphatic carbocycles. The molecule has 0 fully saturated rings. The Labute approximate surface area is 130 Å². The van der Waals surface area contributed by atoms with Crippen LogP contribution in [-0.4, -0.2) is 0 Å². The third-order valence-corrected chi connectivity index (χ3v) is 3.83. The highest BCUT2D eigenvalue weighted by atomic mass is 79.9. The van der Waals surface area contributed by atoms with Crippen molar-refractivity contribution in [3.05, 3.63) is 88.5 Å². The molecule has 1 heterocycles. The molecule has 1 aromatic heterocycles. The van der Waals surface area contributed by atoms with Crippen molar-refractivity contribution in [1.29, 1.82) is 0 Å². The number of nitrogens with one attached hydrogen (secondary N) is 1. The normalized spacial score (nSPS) is 12.1. The van der Waals surface area contributed by atoms with Gasteiger partial charge in [0.05, 0.1) is 10.7 Å². The molecule has 2 nitrogen and oxygen atoms in total. The number of hydrogen-bond acceptors (Lipinski definition) is 2. The molecule has 0 amide bonds. The maximum Gasteiger partial charge on any atom is 0.139 e. The van der Waals surface area contributed by atoms with Crippen LogP contribution in [0.4, 0.5) is 10.1 Å². The molecule has 3 rings (SSSR count). The topological polar surface area (TPSA) is 25.2 Å². The summed E-state index contributed by atoms with van der Waals surface area (Å²) in [7, 11) is 0. The van der Waals surface area contributed by atoms with Gasteiger partial charge in [0, 0.05) is 5.69 Å². The molecule has 1 N–H and O–H groups in total. The summed E-state index contributed by atoms with van der Waals surface area (Å²) in [5, 5.41) is 3.31. The second-order valence-electron chi connectivity index (χ2n) is 4.63. The zero-order valence-electron chi connectivity index (χ0n) is 11.1. The van der Waals surface area contributed by atoms with Gasteiger partial charge in [0.15, 0.2) is 0 Å². The minimum absolute atomic E-state index is 0.165. The van der Waals surface area contributed by atoms with Gasteiger partial charge in [-0.25, -0.2) is 4.39 Å². The summed E-state index contributed by atoms with van der Waals surface area (Å²) < 4.78 is 19.6. The first-order valence-electron chi connectivity index (χ1n) is 6.54. The molecule has 0 saturated heterocycles. The summed E-state index contributed by atoms with van der Waals surface area (Å²) in [6, 6.07) is 18.5. The van der Waals surface area contributed by atoms with Gasteiger partial charge in [0.1, 0.15) is 17.6 Å². The Morgan fingerprint density at radius 1 is 1.00 bits per heavy atom. The van der Waals surface area contributed by atoms with Gasteiger partial charge in [-0.1, -0.05) is 30.3 Å². The van der Waals surface area contributed by atoms with Gasteiger partial charge in [0.25, 0.3) is 0 Å². The van der Waals surface area contributed by atoms with Gasteiger partial charge >= 0.3 is 0 Å². The van der Waals surface area contributed by atoms with Gasteiger partial charge in [-0.3, -0.25) is 0 Å². The lowest BCUT2D eigenvalue weighted by Crippen LogP contribution is -2.11. The van der Waals surface area contributed by atoms with Gasteiger partial charge < -0.3 is 9.73 Å². The van der Waals surface area contributed by atoms with Crippen LogP contribution in [0.15, 0.2) is 75.8 Å². The van der Waals surface area contributed by atoms with Gasteiger partial charge in [-0.05, 0) is 51.8 Å². The van der Waals surface area contributed by atoms with Crippen LogP contribution in [-0.2, 0) is 0 Å². The van der Waals surface area contributed by atoms with E-state index in [0.717, 1.165) is 11.3 Å². The first-order chi connectivity index (χ1) is 10.2. The molecule has 106 valence electrons. The number of anilines is 1. The van der Waals surface area contributed by atoms with Crippen LogP contribution >= 0.6 is 15.9 Å². The maximum absolute atomic E-state index is 13.7. The van der Waals surface area contributed by atoms with Crippen molar-refractivity contribution in [3.8, 4) is 0 Å². The highest BCUT2D eigenvalue weighted by Crippen LogP contribution is 2.28. The molecule has 3 aromatic rings. The predicted octanol–water partition coefficient (Wildman–Crippen LogP) is 5.38. The fourth-order valence-corrected chi connectivity index (χ4v) is 2.42. The van der Waals surface area contributed by atoms with Crippen molar-refractivity contribution in [2.75, 3.05) is 5.32 Å². The van der Waals surface area contributed by atoms with Crippen LogP contribution in [0.25, 0.3) is 0 Å². The van der Waals surface area contributed by atoms with E-state index in [0.29, 0.717) is 10.2 Å². The van der Waals surface area contributed by atoms with Crippen molar-refractivity contribution in [3.63, 3.8) is 0 Å². The summed E-state index contributed by atoms with van der Waals surface area (Å²) in [6.45, 7) is 0. The van der Waals surface area contributed by atoms with E-state index >= 15 is 0 Å². The fourth-order valence-electron chi connectivity index (χ4n) is 2.17. The number of furan rings is 1. The lowest BCUT2D eigenvalue weighted by atomic mass is 10.0. The quantitative estimate of drug-likeness (QED) is 0.686. The fraction of sp³-hybridized carbons (Fsp3) is 0.0588. The average molecular weight is 346 g/mol. The summed E-state index contributed by atoms with van der Waals surface area (Å²) in [5.41, 5.74) is 1.75. The van der Waals surface area contributed by atoms with Crippen LogP contribution in [0.5, 0.6) is 0 Å². The van der Waals surface area contributed by atoms with Gasteiger partial charge in [-0.2, -0.15) is 0 Å². The average Bonchev–Trinajstić information content (AvgIpc) is 3.03. The predicted molar refractivity (Wildman–Crippen MR) is 84.7 cm³/mol. The van der Waals surface area contributed by atoms with Crippen LogP contribution in [0, 0.1) is 5.82 Å². The Hall–Kier alpha value is -2.07. The maximum atomic E-state index is 13.7. The Bertz CT molecular complexity index is 713. The molecule has 0 aliphatic rings. The molecule has 21 heavy (non-hydrogen) atoms. The van der Waals surface area contributed by atoms with Crippen molar-refractivity contribution >= 4 is 21.6 Å². The number of halogens is 2. The van der Waals surface area contributed by atoms with Gasteiger partial charge in [-0.15, -0.1) is 0 Å². The first-order valence-corrected chi connectivity index (χ1v) is 7.33. The molecule has 2 aromatic carbocycles. The van der Waals surface area contributed by atoms with E-state index in [1.165, 1.54) is 6.07 Å². The van der Waals surface area contributed by atoms with Crippen LogP contribution in [0.2, 0.25) is 0 Å². The molecule has 1 atom stereocenters. The molecule has 0 aliphatic heterocycles. The Morgan fingerprint density at radius 3 is 2.48 bits per heavy atom. The number of rotatable bonds is 4. The van der Waals surface area contributed by atoms with E-state index in [1.807, 2.05) is 48.5 Å². The number of benzene rings is 2. The summed E-state index contributed by atoms with van der Waals surface area (Å²) >= 11 is 3.16. The van der Waals surface area contributed by atoms with Crippen molar-refractivity contribution in [1.82, 2.24) is 0 Å². The third-order valence-electron chi connectivity index (χ3n) is 3.19. The second kappa shape index (κ2) is 6.14. The Balaban J connectivity index is 1.95. The zero-order chi connectivity index (χ0) is 14.7. The largest absolute Gasteiger partial charge is 0.467 e. The van der Waals surface area contributed by atoms with Crippen LogP contribution < -0.4 is 5.32 Å². The standard InChI is InChI=1S/C17H13BrFNO/c18-14-9-8-13(11-15(14)19)20-17(16-7-4-10-21-16)12-5-2-1-3-6-12/h1-11,17,20H. The van der Waals surface area contributed by atoms with Crippen LogP contribution in [0.3, 0.4) is 0 Å². The van der Waals surface area contributed by atoms with E-state index in [2.05, 4.69) is 21.2 Å². The monoisotopic (exact) mass is 345 g/mol. The highest BCUT2D eigenvalue weighted by Gasteiger charge is 2.17. The molecular formula is C17H13BrFNO. The summed E-state index contributed by atoms with van der Waals surface area (Å²) in [6.07, 6.45) is 1.63. The van der Waals surface area contributed by atoms with Crippen LogP contribution in [0.1, 0.15) is 17.4 Å². The number of hydrogen-bond donors (Lipinski definition) is 1. The van der Waals surface area contributed by atoms with Crippen molar-refractivity contribution < 1.29 is 8.81 Å². The van der Waals surface area contributed by atoms with E-state index in [-0.39, 0.29) is 11.9 Å². The smallest absolute Gasteiger partial charge is 0.139 e. The summed E-state index contributed by atoms with van der Waals surface area (Å²) in [4.78, 5) is 0. The molecule has 0 spiro atoms. The Kier molecular flexibility index (Phi) is 4.06. The third kappa shape index (κ3) is 3.16. The van der Waals surface area contributed by atoms with E-state index in [4.69, 9.17) is 4.42 Å². The Morgan fingerprint density at radius 2 is 1.81 bits per heavy atom. The van der Waals surface area contributed by atoms with E-state index < -0.39 is 0 Å². The van der Waals surface area contributed by atoms with Crippen molar-refractivity contribution in [2.24, 2.45) is 0 Å². The highest BCUT2D eigenvalue weighted by molar-refractivity contribution is 9.10. The molecule has 0 radical (unpaired) electrons. The molecule has 0 bridgehead atoms. The van der Waals surface area contributed by atoms with Crippen molar-refractivity contribution in [2.45, 2.75) is 6.04 Å². The first kappa shape index (κ1) is 13.9. The lowest BCUT2D eigenvalue weighted by Gasteiger charge is -2.18. The molecule has 0 saturated carbocycles. The minimum atomic E-state index is -0.300. The summed E-state index contributed by atoms with van der Waals surface area (Å²) in [5.74, 6) is 0.482. The van der Waals surface area contributed by atoms with E-state index in [1.54, 1.807) is 12.3 Å². The molecule has 1 unspecified atom stereocenters. The molecule has 4 heteroatoms. The van der Waals surface area contributed by atoms with E-state index in [9.17, 15) is 4.39 Å². The molecular weight excluding hydrogens is 333 g/mol. The van der Waals surface area contributed by atoms with Gasteiger partial charge in [0.2, 0.25) is 0 Å².